The van der Waals surface area contributed by atoms with Gasteiger partial charge in [-0.3, -0.25) is 19.3 Å². The van der Waals surface area contributed by atoms with Gasteiger partial charge in [-0.2, -0.15) is 13.2 Å². The Kier molecular flexibility index (Phi) is 6.14. The lowest BCUT2D eigenvalue weighted by Crippen LogP contribution is -2.29. The molecule has 0 spiro atoms. The van der Waals surface area contributed by atoms with Crippen LogP contribution in [0.1, 0.15) is 23.7 Å². The van der Waals surface area contributed by atoms with E-state index in [2.05, 4.69) is 10.3 Å². The number of halogens is 3. The third-order valence-corrected chi connectivity index (χ3v) is 4.47. The van der Waals surface area contributed by atoms with Crippen LogP contribution in [0.4, 0.5) is 24.5 Å². The van der Waals surface area contributed by atoms with Crippen molar-refractivity contribution in [2.75, 3.05) is 5.32 Å². The number of aryl methyl sites for hydroxylation is 1. The average Bonchev–Trinajstić information content (AvgIpc) is 2.71. The van der Waals surface area contributed by atoms with E-state index in [1.807, 2.05) is 6.92 Å². The molecule has 1 N–H and O–H groups in total. The Bertz CT molecular complexity index is 1260. The maximum atomic E-state index is 12.8. The number of rotatable bonds is 6. The zero-order valence-electron chi connectivity index (χ0n) is 16.8. The number of hydrogen-bond acceptors (Lipinski definition) is 7. The van der Waals surface area contributed by atoms with Crippen LogP contribution in [0.25, 0.3) is 5.65 Å². The number of nitrogens with one attached hydrogen (secondary N) is 1. The molecule has 0 amide bonds. The Morgan fingerprint density at radius 3 is 2.66 bits per heavy atom. The molecule has 0 aliphatic rings. The maximum Gasteiger partial charge on any atom is 0.416 e. The number of hydrogen-bond donors (Lipinski definition) is 1. The monoisotopic (exact) mass is 450 g/mol. The van der Waals surface area contributed by atoms with E-state index in [-0.39, 0.29) is 23.5 Å². The van der Waals surface area contributed by atoms with Crippen molar-refractivity contribution in [1.82, 2.24) is 9.38 Å². The van der Waals surface area contributed by atoms with Crippen molar-refractivity contribution in [2.45, 2.75) is 32.7 Å². The van der Waals surface area contributed by atoms with Gasteiger partial charge >= 0.3 is 12.1 Å². The first-order chi connectivity index (χ1) is 15.0. The number of carbonyl (C=O) groups excluding carboxylic acids is 1. The van der Waals surface area contributed by atoms with Crippen LogP contribution >= 0.6 is 0 Å². The molecule has 0 unspecified atom stereocenters. The van der Waals surface area contributed by atoms with E-state index < -0.39 is 34.4 Å². The molecule has 2 heterocycles. The van der Waals surface area contributed by atoms with Gasteiger partial charge in [-0.15, -0.1) is 0 Å². The molecule has 3 rings (SSSR count). The second-order valence-electron chi connectivity index (χ2n) is 6.98. The lowest BCUT2D eigenvalue weighted by Gasteiger charge is -2.15. The highest BCUT2D eigenvalue weighted by molar-refractivity contribution is 5.80. The molecular weight excluding hydrogens is 433 g/mol. The summed E-state index contributed by atoms with van der Waals surface area (Å²) < 4.78 is 44.9. The quantitative estimate of drug-likeness (QED) is 0.347. The Morgan fingerprint density at radius 2 is 2.00 bits per heavy atom. The molecule has 1 atom stereocenters. The van der Waals surface area contributed by atoms with Crippen LogP contribution in [0.2, 0.25) is 0 Å². The molecule has 0 aliphatic carbocycles. The van der Waals surface area contributed by atoms with Crippen molar-refractivity contribution >= 4 is 23.0 Å². The molecule has 0 bridgehead atoms. The number of ether oxygens (including phenoxy) is 1. The highest BCUT2D eigenvalue weighted by Crippen LogP contribution is 2.35. The smallest absolute Gasteiger partial charge is 0.416 e. The van der Waals surface area contributed by atoms with Crippen LogP contribution in [0.3, 0.4) is 0 Å². The molecule has 168 valence electrons. The van der Waals surface area contributed by atoms with Gasteiger partial charge in [-0.1, -0.05) is 6.07 Å². The van der Waals surface area contributed by atoms with Crippen LogP contribution in [0.5, 0.6) is 0 Å². The molecule has 0 fully saturated rings. The molecule has 0 saturated carbocycles. The lowest BCUT2D eigenvalue weighted by molar-refractivity contribution is -0.384. The summed E-state index contributed by atoms with van der Waals surface area (Å²) in [5, 5.41) is 13.6. The van der Waals surface area contributed by atoms with E-state index in [0.29, 0.717) is 17.8 Å². The summed E-state index contributed by atoms with van der Waals surface area (Å²) in [5.74, 6) is -0.842. The largest absolute Gasteiger partial charge is 0.458 e. The number of alkyl halides is 3. The van der Waals surface area contributed by atoms with Crippen LogP contribution < -0.4 is 10.9 Å². The predicted octanol–water partition coefficient (Wildman–Crippen LogP) is 3.47. The zero-order chi connectivity index (χ0) is 23.6. The Hall–Kier alpha value is -3.96. The molecule has 0 saturated heterocycles. The number of nitro groups is 1. The summed E-state index contributed by atoms with van der Waals surface area (Å²) in [7, 11) is 0. The summed E-state index contributed by atoms with van der Waals surface area (Å²) >= 11 is 0. The normalized spacial score (nSPS) is 12.4. The Labute approximate surface area is 178 Å². The first-order valence-corrected chi connectivity index (χ1v) is 9.23. The summed E-state index contributed by atoms with van der Waals surface area (Å²) in [5.41, 5.74) is -1.24. The van der Waals surface area contributed by atoms with E-state index in [4.69, 9.17) is 4.74 Å². The first kappa shape index (κ1) is 22.7. The number of esters is 1. The standard InChI is InChI=1S/C20H17F3N4O5/c1-11-3-6-17-25-14(8-18(28)26(17)9-11)10-32-19(29)12(2)24-15-5-4-13(20(21,22)23)7-16(15)27(30)31/h3-9,12,24H,10H2,1-2H3/t12-/m1/s1. The molecule has 9 nitrogen and oxygen atoms in total. The summed E-state index contributed by atoms with van der Waals surface area (Å²) in [6.07, 6.45) is -3.14. The minimum atomic E-state index is -4.75. The fourth-order valence-electron chi connectivity index (χ4n) is 2.88. The van der Waals surface area contributed by atoms with Gasteiger partial charge in [0.05, 0.1) is 16.2 Å². The van der Waals surface area contributed by atoms with Crippen molar-refractivity contribution in [3.05, 3.63) is 79.9 Å². The van der Waals surface area contributed by atoms with Crippen LogP contribution in [-0.2, 0) is 22.3 Å². The van der Waals surface area contributed by atoms with E-state index in [9.17, 15) is 32.9 Å². The van der Waals surface area contributed by atoms with Gasteiger partial charge in [0.1, 0.15) is 24.0 Å². The summed E-state index contributed by atoms with van der Waals surface area (Å²) in [6, 6.07) is 5.40. The zero-order valence-corrected chi connectivity index (χ0v) is 16.8. The van der Waals surface area contributed by atoms with Crippen molar-refractivity contribution in [3.8, 4) is 0 Å². The van der Waals surface area contributed by atoms with Crippen molar-refractivity contribution in [1.29, 1.82) is 0 Å². The number of benzene rings is 1. The van der Waals surface area contributed by atoms with E-state index in [1.165, 1.54) is 17.4 Å². The molecule has 0 aliphatic heterocycles. The number of fused-ring (bicyclic) bond motifs is 1. The number of anilines is 1. The molecule has 32 heavy (non-hydrogen) atoms. The SMILES string of the molecule is Cc1ccc2nc(COC(=O)[C@@H](C)Nc3ccc(C(F)(F)F)cc3[N+](=O)[O-])cc(=O)n2c1. The molecule has 1 aromatic carbocycles. The Morgan fingerprint density at radius 1 is 1.28 bits per heavy atom. The van der Waals surface area contributed by atoms with Crippen molar-refractivity contribution < 1.29 is 27.6 Å². The topological polar surface area (TPSA) is 116 Å². The highest BCUT2D eigenvalue weighted by atomic mass is 19.4. The predicted molar refractivity (Wildman–Crippen MR) is 107 cm³/mol. The maximum absolute atomic E-state index is 12.8. The minimum Gasteiger partial charge on any atom is -0.458 e. The fraction of sp³-hybridized carbons (Fsp3) is 0.250. The molecule has 3 aromatic rings. The van der Waals surface area contributed by atoms with Crippen molar-refractivity contribution in [2.24, 2.45) is 0 Å². The van der Waals surface area contributed by atoms with Gasteiger partial charge in [0.25, 0.3) is 11.2 Å². The number of nitro benzene ring substituents is 1. The number of carbonyl (C=O) groups is 1. The van der Waals surface area contributed by atoms with Gasteiger partial charge in [0, 0.05) is 18.3 Å². The third kappa shape index (κ3) is 5.02. The molecule has 2 aromatic heterocycles. The van der Waals surface area contributed by atoms with E-state index in [0.717, 1.165) is 11.6 Å². The second kappa shape index (κ2) is 8.65. The van der Waals surface area contributed by atoms with Gasteiger partial charge in [0.15, 0.2) is 0 Å². The molecule has 12 heteroatoms. The van der Waals surface area contributed by atoms with Gasteiger partial charge in [0.2, 0.25) is 0 Å². The highest BCUT2D eigenvalue weighted by Gasteiger charge is 2.33. The lowest BCUT2D eigenvalue weighted by atomic mass is 10.1. The van der Waals surface area contributed by atoms with E-state index >= 15 is 0 Å². The molecular formula is C20H17F3N4O5. The first-order valence-electron chi connectivity index (χ1n) is 9.23. The van der Waals surface area contributed by atoms with Crippen molar-refractivity contribution in [3.63, 3.8) is 0 Å². The van der Waals surface area contributed by atoms with Crippen LogP contribution in [0, 0.1) is 17.0 Å². The van der Waals surface area contributed by atoms with E-state index in [1.54, 1.807) is 18.3 Å². The number of aromatic nitrogens is 2. The van der Waals surface area contributed by atoms with Crippen LogP contribution in [0.15, 0.2) is 47.4 Å². The van der Waals surface area contributed by atoms with Gasteiger partial charge < -0.3 is 10.1 Å². The number of pyridine rings is 1. The van der Waals surface area contributed by atoms with Gasteiger partial charge in [-0.05, 0) is 37.6 Å². The molecule has 0 radical (unpaired) electrons. The number of nitrogens with zero attached hydrogens (tertiary/aromatic N) is 3. The second-order valence-corrected chi connectivity index (χ2v) is 6.98. The average molecular weight is 450 g/mol. The third-order valence-electron chi connectivity index (χ3n) is 4.47. The van der Waals surface area contributed by atoms with Gasteiger partial charge in [-0.25, -0.2) is 9.78 Å². The summed E-state index contributed by atoms with van der Waals surface area (Å²) in [6.45, 7) is 2.81. The summed E-state index contributed by atoms with van der Waals surface area (Å²) in [4.78, 5) is 38.9. The minimum absolute atomic E-state index is 0.194. The Balaban J connectivity index is 1.72. The fourth-order valence-corrected chi connectivity index (χ4v) is 2.88. The van der Waals surface area contributed by atoms with Crippen LogP contribution in [-0.4, -0.2) is 26.3 Å².